The second-order valence-corrected chi connectivity index (χ2v) is 13.3. The summed E-state index contributed by atoms with van der Waals surface area (Å²) < 4.78 is 12.2. The third-order valence-corrected chi connectivity index (χ3v) is 10.5. The van der Waals surface area contributed by atoms with Gasteiger partial charge < -0.3 is 24.5 Å². The van der Waals surface area contributed by atoms with Crippen LogP contribution in [0.4, 0.5) is 0 Å². The van der Waals surface area contributed by atoms with Crippen molar-refractivity contribution >= 4 is 38.9 Å². The summed E-state index contributed by atoms with van der Waals surface area (Å²) in [4.78, 5) is 20.9. The van der Waals surface area contributed by atoms with Crippen molar-refractivity contribution in [1.29, 1.82) is 0 Å². The van der Waals surface area contributed by atoms with Crippen LogP contribution in [0.5, 0.6) is 5.75 Å². The summed E-state index contributed by atoms with van der Waals surface area (Å²) in [6, 6.07) is 19.2. The third-order valence-electron chi connectivity index (χ3n) is 10.5. The number of aromatic nitrogens is 6. The minimum atomic E-state index is 0.0144. The van der Waals surface area contributed by atoms with Crippen LogP contribution in [0, 0.1) is 11.8 Å². The second-order valence-electron chi connectivity index (χ2n) is 13.3. The highest BCUT2D eigenvalue weighted by atomic mass is 16.5. The van der Waals surface area contributed by atoms with Gasteiger partial charge in [0, 0.05) is 55.7 Å². The zero-order valence-electron chi connectivity index (χ0n) is 25.8. The molecule has 3 aliphatic rings. The monoisotopic (exact) mass is 600 g/mol. The van der Waals surface area contributed by atoms with Crippen LogP contribution < -0.4 is 10.5 Å². The van der Waals surface area contributed by atoms with Crippen LogP contribution in [0.25, 0.3) is 55.6 Å². The molecule has 2 saturated carbocycles. The number of imidazole rings is 1. The van der Waals surface area contributed by atoms with Crippen LogP contribution >= 0.6 is 0 Å². The minimum absolute atomic E-state index is 0.0144. The van der Waals surface area contributed by atoms with Crippen LogP contribution in [0.1, 0.15) is 36.0 Å². The lowest BCUT2D eigenvalue weighted by molar-refractivity contribution is 0.0700. The van der Waals surface area contributed by atoms with Gasteiger partial charge in [0.05, 0.1) is 23.8 Å². The van der Waals surface area contributed by atoms with Crippen molar-refractivity contribution in [3.05, 3.63) is 60.2 Å². The smallest absolute Gasteiger partial charge is 0.254 e. The van der Waals surface area contributed by atoms with Crippen LogP contribution in [-0.4, -0.2) is 65.7 Å². The van der Waals surface area contributed by atoms with Gasteiger partial charge in [0.1, 0.15) is 16.8 Å². The minimum Gasteiger partial charge on any atom is -0.494 e. The standard InChI is InChI=1S/C35H36N8O2/c1-40-33-26(12-24(16-31(33)45-3)35(44)43-18-23-9-11-27(43)32(23)36)37-34(40)30-15-22-7-6-20(13-28(22)42(30)17-19-4-5-19)21-8-10-25-29(14-21)41(2)39-38-25/h6-8,10,12-16,19,23,27,32H,4-5,9,11,17-18,36H2,1-3H3/t23-,27-,32-/m1/s1. The summed E-state index contributed by atoms with van der Waals surface area (Å²) in [5.41, 5.74) is 15.1. The average Bonchev–Trinajstić information content (AvgIpc) is 3.26. The zero-order valence-corrected chi connectivity index (χ0v) is 25.8. The molecule has 3 fully saturated rings. The molecule has 45 heavy (non-hydrogen) atoms. The number of fused-ring (bicyclic) bond motifs is 5. The van der Waals surface area contributed by atoms with Gasteiger partial charge in [0.25, 0.3) is 5.91 Å². The molecule has 1 amide bonds. The van der Waals surface area contributed by atoms with E-state index in [1.54, 1.807) is 7.11 Å². The highest BCUT2D eigenvalue weighted by Crippen LogP contribution is 2.41. The lowest BCUT2D eigenvalue weighted by Gasteiger charge is -2.27. The summed E-state index contributed by atoms with van der Waals surface area (Å²) in [6.45, 7) is 1.67. The topological polar surface area (TPSA) is 109 Å². The van der Waals surface area contributed by atoms with E-state index in [2.05, 4.69) is 55.8 Å². The van der Waals surface area contributed by atoms with Crippen molar-refractivity contribution in [3.63, 3.8) is 0 Å². The van der Waals surface area contributed by atoms with E-state index >= 15 is 0 Å². The number of ether oxygens (including phenoxy) is 1. The molecule has 0 radical (unpaired) electrons. The summed E-state index contributed by atoms with van der Waals surface area (Å²) in [5, 5.41) is 9.59. The molecule has 1 aliphatic heterocycles. The molecule has 2 aliphatic carbocycles. The number of nitrogens with zero attached hydrogens (tertiary/aromatic N) is 7. The number of hydrogen-bond donors (Lipinski definition) is 1. The maximum absolute atomic E-state index is 13.7. The van der Waals surface area contributed by atoms with Crippen molar-refractivity contribution in [2.75, 3.05) is 13.7 Å². The fraction of sp³-hybridized carbons (Fsp3) is 0.371. The molecule has 3 aromatic carbocycles. The van der Waals surface area contributed by atoms with E-state index in [4.69, 9.17) is 15.5 Å². The number of likely N-dealkylation sites (tertiary alicyclic amines) is 1. The Hall–Kier alpha value is -4.70. The molecule has 0 unspecified atom stereocenters. The van der Waals surface area contributed by atoms with E-state index in [1.807, 2.05) is 41.9 Å². The first-order valence-corrected chi connectivity index (χ1v) is 15.9. The number of carbonyl (C=O) groups is 1. The van der Waals surface area contributed by atoms with Crippen molar-refractivity contribution in [3.8, 4) is 28.4 Å². The zero-order chi connectivity index (χ0) is 30.6. The van der Waals surface area contributed by atoms with Crippen molar-refractivity contribution in [1.82, 2.24) is 34.0 Å². The average molecular weight is 601 g/mol. The molecule has 6 aromatic rings. The van der Waals surface area contributed by atoms with Gasteiger partial charge >= 0.3 is 0 Å². The van der Waals surface area contributed by atoms with Gasteiger partial charge in [0.15, 0.2) is 5.82 Å². The summed E-state index contributed by atoms with van der Waals surface area (Å²) in [6.07, 6.45) is 4.57. The third kappa shape index (κ3) is 4.04. The van der Waals surface area contributed by atoms with Gasteiger partial charge in [-0.05, 0) is 85.0 Å². The molecular formula is C35H36N8O2. The lowest BCUT2D eigenvalue weighted by atomic mass is 10.0. The van der Waals surface area contributed by atoms with Gasteiger partial charge in [-0.3, -0.25) is 4.79 Å². The van der Waals surface area contributed by atoms with E-state index < -0.39 is 0 Å². The first-order chi connectivity index (χ1) is 21.9. The Kier molecular flexibility index (Phi) is 5.72. The van der Waals surface area contributed by atoms with Crippen molar-refractivity contribution < 1.29 is 9.53 Å². The number of aryl methyl sites for hydroxylation is 2. The van der Waals surface area contributed by atoms with Crippen molar-refractivity contribution in [2.45, 2.75) is 44.3 Å². The maximum Gasteiger partial charge on any atom is 0.254 e. The van der Waals surface area contributed by atoms with Crippen LogP contribution in [-0.2, 0) is 20.6 Å². The van der Waals surface area contributed by atoms with E-state index in [-0.39, 0.29) is 18.0 Å². The molecule has 0 spiro atoms. The maximum atomic E-state index is 13.7. The molecule has 9 rings (SSSR count). The fourth-order valence-corrected chi connectivity index (χ4v) is 7.85. The molecular weight excluding hydrogens is 564 g/mol. The number of benzene rings is 3. The largest absolute Gasteiger partial charge is 0.494 e. The first-order valence-electron chi connectivity index (χ1n) is 15.9. The SMILES string of the molecule is COc1cc(C(=O)N2C[C@H]3CC[C@@H]2[C@@H]3N)cc2nc(-c3cc4ccc(-c5ccc6nnn(C)c6c5)cc4n3CC3CC3)n(C)c12. The van der Waals surface area contributed by atoms with E-state index in [1.165, 1.54) is 23.7 Å². The number of piperidine rings is 1. The van der Waals surface area contributed by atoms with Gasteiger partial charge in [0.2, 0.25) is 0 Å². The summed E-state index contributed by atoms with van der Waals surface area (Å²) in [5.74, 6) is 2.58. The summed E-state index contributed by atoms with van der Waals surface area (Å²) in [7, 11) is 5.62. The first kappa shape index (κ1) is 26.7. The molecule has 4 heterocycles. The van der Waals surface area contributed by atoms with Crippen molar-refractivity contribution in [2.24, 2.45) is 31.7 Å². The predicted molar refractivity (Wildman–Crippen MR) is 174 cm³/mol. The number of methoxy groups -OCH3 is 1. The number of nitrogens with two attached hydrogens (primary N) is 1. The molecule has 10 nitrogen and oxygen atoms in total. The predicted octanol–water partition coefficient (Wildman–Crippen LogP) is 5.12. The molecule has 3 atom stereocenters. The van der Waals surface area contributed by atoms with Crippen LogP contribution in [0.2, 0.25) is 0 Å². The molecule has 1 saturated heterocycles. The molecule has 10 heteroatoms. The van der Waals surface area contributed by atoms with E-state index in [0.29, 0.717) is 23.1 Å². The van der Waals surface area contributed by atoms with Gasteiger partial charge in [-0.25, -0.2) is 9.67 Å². The van der Waals surface area contributed by atoms with Gasteiger partial charge in [-0.15, -0.1) is 5.10 Å². The Labute approximate surface area is 260 Å². The highest BCUT2D eigenvalue weighted by molar-refractivity contribution is 6.01. The van der Waals surface area contributed by atoms with Gasteiger partial charge in [-0.1, -0.05) is 23.4 Å². The highest BCUT2D eigenvalue weighted by Gasteiger charge is 2.47. The molecule has 3 aromatic heterocycles. The number of amides is 1. The van der Waals surface area contributed by atoms with E-state index in [0.717, 1.165) is 70.6 Å². The van der Waals surface area contributed by atoms with Crippen LogP contribution in [0.15, 0.2) is 54.6 Å². The second kappa shape index (κ2) is 9.65. The van der Waals surface area contributed by atoms with E-state index in [9.17, 15) is 4.79 Å². The Morgan fingerprint density at radius 3 is 2.49 bits per heavy atom. The normalized spacial score (nSPS) is 21.2. The Morgan fingerprint density at radius 2 is 1.76 bits per heavy atom. The Bertz CT molecular complexity index is 2170. The van der Waals surface area contributed by atoms with Gasteiger partial charge in [-0.2, -0.15) is 0 Å². The fourth-order valence-electron chi connectivity index (χ4n) is 7.85. The molecule has 2 bridgehead atoms. The number of hydrogen-bond acceptors (Lipinski definition) is 6. The quantitative estimate of drug-likeness (QED) is 0.284. The van der Waals surface area contributed by atoms with Crippen LogP contribution in [0.3, 0.4) is 0 Å². The molecule has 2 N–H and O–H groups in total. The lowest BCUT2D eigenvalue weighted by Crippen LogP contribution is -2.41. The Balaban J connectivity index is 1.16. The summed E-state index contributed by atoms with van der Waals surface area (Å²) >= 11 is 0. The molecule has 228 valence electrons. The number of rotatable bonds is 6. The number of carbonyl (C=O) groups excluding carboxylic acids is 1. The Morgan fingerprint density at radius 1 is 0.956 bits per heavy atom.